The number of nitrogens with one attached hydrogen (secondary N) is 1. The molecule has 1 heterocycles. The lowest BCUT2D eigenvalue weighted by molar-refractivity contribution is -0.123. The van der Waals surface area contributed by atoms with Gasteiger partial charge in [0, 0.05) is 11.2 Å². The summed E-state index contributed by atoms with van der Waals surface area (Å²) in [5.74, 6) is -1.25. The summed E-state index contributed by atoms with van der Waals surface area (Å²) in [6, 6.07) is 6.58. The molecule has 0 aliphatic heterocycles. The lowest BCUT2D eigenvalue weighted by Gasteiger charge is -2.28. The van der Waals surface area contributed by atoms with Gasteiger partial charge in [0.2, 0.25) is 5.91 Å². The molecule has 2 rings (SSSR count). The van der Waals surface area contributed by atoms with Crippen molar-refractivity contribution in [2.24, 2.45) is 5.73 Å². The van der Waals surface area contributed by atoms with Gasteiger partial charge < -0.3 is 11.1 Å². The average Bonchev–Trinajstić information content (AvgIpc) is 2.47. The molecular weight excluding hydrogens is 304 g/mol. The van der Waals surface area contributed by atoms with Gasteiger partial charge in [-0.2, -0.15) is 0 Å². The van der Waals surface area contributed by atoms with E-state index in [2.05, 4.69) is 15.3 Å². The minimum atomic E-state index is -1.41. The van der Waals surface area contributed by atoms with Gasteiger partial charge in [-0.25, -0.2) is 4.98 Å². The number of aryl methyl sites for hydroxylation is 1. The summed E-state index contributed by atoms with van der Waals surface area (Å²) in [6.07, 6.45) is 2.81. The quantitative estimate of drug-likeness (QED) is 0.894. The zero-order chi connectivity index (χ0) is 16.3. The number of benzene rings is 1. The van der Waals surface area contributed by atoms with E-state index in [0.717, 1.165) is 0 Å². The van der Waals surface area contributed by atoms with Crippen molar-refractivity contribution in [3.05, 3.63) is 58.6 Å². The number of hydrogen-bond donors (Lipinski definition) is 2. The van der Waals surface area contributed by atoms with Gasteiger partial charge in [0.1, 0.15) is 11.2 Å². The van der Waals surface area contributed by atoms with Crippen LogP contribution >= 0.6 is 11.6 Å². The van der Waals surface area contributed by atoms with E-state index < -0.39 is 17.4 Å². The number of amides is 2. The highest BCUT2D eigenvalue weighted by Gasteiger charge is 2.35. The molecule has 0 saturated carbocycles. The molecule has 6 nitrogen and oxygen atoms in total. The van der Waals surface area contributed by atoms with Gasteiger partial charge in [0.15, 0.2) is 0 Å². The highest BCUT2D eigenvalue weighted by atomic mass is 35.5. The number of carbonyl (C=O) groups is 2. The molecule has 2 amide bonds. The van der Waals surface area contributed by atoms with Crippen molar-refractivity contribution in [3.8, 4) is 0 Å². The molecule has 1 aromatic heterocycles. The Morgan fingerprint density at radius 2 is 2.00 bits per heavy atom. The molecule has 0 aliphatic rings. The summed E-state index contributed by atoms with van der Waals surface area (Å²) in [6.45, 7) is 3.27. The Morgan fingerprint density at radius 1 is 1.27 bits per heavy atom. The maximum absolute atomic E-state index is 12.3. The second-order valence-corrected chi connectivity index (χ2v) is 5.43. The number of halogens is 1. The molecule has 1 atom stereocenters. The number of rotatable bonds is 4. The Hall–Kier alpha value is -2.47. The smallest absolute Gasteiger partial charge is 0.272 e. The lowest BCUT2D eigenvalue weighted by Crippen LogP contribution is -2.52. The topological polar surface area (TPSA) is 98.0 Å². The van der Waals surface area contributed by atoms with Crippen molar-refractivity contribution in [3.63, 3.8) is 0 Å². The fraction of sp³-hybridized carbons (Fsp3) is 0.200. The maximum atomic E-state index is 12.3. The second-order valence-electron chi connectivity index (χ2n) is 5.00. The third-order valence-electron chi connectivity index (χ3n) is 3.27. The van der Waals surface area contributed by atoms with E-state index in [9.17, 15) is 9.59 Å². The van der Waals surface area contributed by atoms with E-state index in [0.29, 0.717) is 16.3 Å². The second kappa shape index (κ2) is 6.11. The molecule has 7 heteroatoms. The molecule has 22 heavy (non-hydrogen) atoms. The Labute approximate surface area is 132 Å². The van der Waals surface area contributed by atoms with Crippen molar-refractivity contribution in [1.29, 1.82) is 0 Å². The predicted molar refractivity (Wildman–Crippen MR) is 82.2 cm³/mol. The van der Waals surface area contributed by atoms with Crippen molar-refractivity contribution in [2.75, 3.05) is 0 Å². The highest BCUT2D eigenvalue weighted by molar-refractivity contribution is 6.30. The Bertz CT molecular complexity index is 718. The van der Waals surface area contributed by atoms with E-state index >= 15 is 0 Å². The van der Waals surface area contributed by atoms with Gasteiger partial charge in [-0.05, 0) is 31.5 Å². The van der Waals surface area contributed by atoms with Crippen LogP contribution in [0, 0.1) is 6.92 Å². The number of nitrogens with zero attached hydrogens (tertiary/aromatic N) is 2. The first-order valence-corrected chi connectivity index (χ1v) is 6.88. The Balaban J connectivity index is 2.34. The van der Waals surface area contributed by atoms with Crippen LogP contribution in [0.4, 0.5) is 0 Å². The van der Waals surface area contributed by atoms with Crippen molar-refractivity contribution >= 4 is 23.4 Å². The monoisotopic (exact) mass is 318 g/mol. The normalized spacial score (nSPS) is 13.2. The SMILES string of the molecule is Cc1cnc(C(=O)N[C@](C)(C(N)=O)c2cccc(Cl)c2)cn1. The third kappa shape index (κ3) is 3.23. The fourth-order valence-electron chi connectivity index (χ4n) is 1.88. The van der Waals surface area contributed by atoms with Gasteiger partial charge >= 0.3 is 0 Å². The van der Waals surface area contributed by atoms with Crippen LogP contribution in [0.2, 0.25) is 5.02 Å². The minimum Gasteiger partial charge on any atom is -0.367 e. The lowest BCUT2D eigenvalue weighted by atomic mass is 9.91. The highest BCUT2D eigenvalue weighted by Crippen LogP contribution is 2.23. The molecule has 0 fully saturated rings. The van der Waals surface area contributed by atoms with Gasteiger partial charge in [-0.3, -0.25) is 14.6 Å². The van der Waals surface area contributed by atoms with Gasteiger partial charge in [-0.15, -0.1) is 0 Å². The molecule has 0 bridgehead atoms. The van der Waals surface area contributed by atoms with Crippen molar-refractivity contribution in [2.45, 2.75) is 19.4 Å². The first-order valence-electron chi connectivity index (χ1n) is 6.50. The maximum Gasteiger partial charge on any atom is 0.272 e. The Kier molecular flexibility index (Phi) is 4.42. The van der Waals surface area contributed by atoms with Crippen LogP contribution in [0.3, 0.4) is 0 Å². The summed E-state index contributed by atoms with van der Waals surface area (Å²) in [4.78, 5) is 32.1. The molecule has 0 aliphatic carbocycles. The van der Waals surface area contributed by atoms with Crippen LogP contribution in [0.5, 0.6) is 0 Å². The largest absolute Gasteiger partial charge is 0.367 e. The average molecular weight is 319 g/mol. The van der Waals surface area contributed by atoms with E-state index in [1.54, 1.807) is 31.2 Å². The summed E-state index contributed by atoms with van der Waals surface area (Å²) in [7, 11) is 0. The molecule has 114 valence electrons. The standard InChI is InChI=1S/C15H15ClN4O2/c1-9-7-19-12(8-18-9)13(21)20-15(2,14(17)22)10-4-3-5-11(16)6-10/h3-8H,1-2H3,(H2,17,22)(H,20,21)/t15-/m0/s1. The van der Waals surface area contributed by atoms with E-state index in [-0.39, 0.29) is 5.69 Å². The molecule has 0 spiro atoms. The van der Waals surface area contributed by atoms with Gasteiger partial charge in [-0.1, -0.05) is 23.7 Å². The summed E-state index contributed by atoms with van der Waals surface area (Å²) < 4.78 is 0. The van der Waals surface area contributed by atoms with E-state index in [4.69, 9.17) is 17.3 Å². The predicted octanol–water partition coefficient (Wildman–Crippen LogP) is 1.57. The fourth-order valence-corrected chi connectivity index (χ4v) is 2.07. The first kappa shape index (κ1) is 15.9. The number of primary amides is 1. The molecule has 1 aromatic carbocycles. The van der Waals surface area contributed by atoms with Crippen molar-refractivity contribution < 1.29 is 9.59 Å². The Morgan fingerprint density at radius 3 is 2.55 bits per heavy atom. The third-order valence-corrected chi connectivity index (χ3v) is 3.51. The van der Waals surface area contributed by atoms with Crippen LogP contribution in [0.25, 0.3) is 0 Å². The van der Waals surface area contributed by atoms with E-state index in [1.807, 2.05) is 0 Å². The summed E-state index contributed by atoms with van der Waals surface area (Å²) >= 11 is 5.94. The number of carbonyl (C=O) groups excluding carboxylic acids is 2. The van der Waals surface area contributed by atoms with Gasteiger partial charge in [0.05, 0.1) is 11.9 Å². The van der Waals surface area contributed by atoms with Crippen LogP contribution in [0.1, 0.15) is 28.7 Å². The first-order chi connectivity index (χ1) is 10.3. The number of aromatic nitrogens is 2. The molecule has 2 aromatic rings. The van der Waals surface area contributed by atoms with Crippen LogP contribution in [-0.4, -0.2) is 21.8 Å². The molecule has 3 N–H and O–H groups in total. The molecule has 0 saturated heterocycles. The zero-order valence-corrected chi connectivity index (χ0v) is 12.9. The van der Waals surface area contributed by atoms with E-state index in [1.165, 1.54) is 19.3 Å². The van der Waals surface area contributed by atoms with Crippen molar-refractivity contribution in [1.82, 2.24) is 15.3 Å². The minimum absolute atomic E-state index is 0.0973. The van der Waals surface area contributed by atoms with Crippen LogP contribution in [0.15, 0.2) is 36.7 Å². The number of nitrogens with two attached hydrogens (primary N) is 1. The number of hydrogen-bond acceptors (Lipinski definition) is 4. The zero-order valence-electron chi connectivity index (χ0n) is 12.1. The molecule has 0 unspecified atom stereocenters. The van der Waals surface area contributed by atoms with Gasteiger partial charge in [0.25, 0.3) is 5.91 Å². The van der Waals surface area contributed by atoms with Crippen LogP contribution in [-0.2, 0) is 10.3 Å². The summed E-state index contributed by atoms with van der Waals surface area (Å²) in [5.41, 5.74) is 5.33. The summed E-state index contributed by atoms with van der Waals surface area (Å²) in [5, 5.41) is 3.04. The molecular formula is C15H15ClN4O2. The van der Waals surface area contributed by atoms with Crippen LogP contribution < -0.4 is 11.1 Å². The molecule has 0 radical (unpaired) electrons.